The van der Waals surface area contributed by atoms with Crippen LogP contribution in [0.3, 0.4) is 0 Å². The lowest BCUT2D eigenvalue weighted by atomic mass is 9.83. The molecule has 28 heavy (non-hydrogen) atoms. The van der Waals surface area contributed by atoms with Gasteiger partial charge < -0.3 is 4.90 Å². The van der Waals surface area contributed by atoms with E-state index in [9.17, 15) is 13.2 Å². The van der Waals surface area contributed by atoms with Crippen molar-refractivity contribution in [2.75, 3.05) is 32.4 Å². The van der Waals surface area contributed by atoms with Crippen LogP contribution in [0, 0.1) is 0 Å². The summed E-state index contributed by atoms with van der Waals surface area (Å²) in [5.41, 5.74) is 0.780. The van der Waals surface area contributed by atoms with Crippen LogP contribution >= 0.6 is 0 Å². The van der Waals surface area contributed by atoms with E-state index in [1.807, 2.05) is 17.3 Å². The summed E-state index contributed by atoms with van der Waals surface area (Å²) in [4.78, 5) is 22.0. The van der Waals surface area contributed by atoms with Crippen LogP contribution in [-0.2, 0) is 14.8 Å². The van der Waals surface area contributed by atoms with Gasteiger partial charge in [0.2, 0.25) is 15.9 Å². The van der Waals surface area contributed by atoms with Gasteiger partial charge in [-0.2, -0.15) is 0 Å². The van der Waals surface area contributed by atoms with E-state index in [2.05, 4.69) is 26.7 Å². The van der Waals surface area contributed by atoms with Crippen LogP contribution in [0.1, 0.15) is 50.0 Å². The number of nitrogens with one attached hydrogen (secondary N) is 1. The summed E-state index contributed by atoms with van der Waals surface area (Å²) in [5, 5.41) is 0. The maximum Gasteiger partial charge on any atom is 0.243 e. The van der Waals surface area contributed by atoms with Gasteiger partial charge >= 0.3 is 0 Å². The second-order valence-electron chi connectivity index (χ2n) is 8.57. The topological polar surface area (TPSA) is 82.6 Å². The lowest BCUT2D eigenvalue weighted by Gasteiger charge is -2.45. The third-order valence-electron chi connectivity index (χ3n) is 6.64. The van der Waals surface area contributed by atoms with E-state index >= 15 is 0 Å². The lowest BCUT2D eigenvalue weighted by molar-refractivity contribution is -0.146. The standard InChI is InChI=1S/C20H30N4O3S/c1-28(26,27)22-18-14-20(8-2-3-11-24(20)15-18)19(25)23-12-6-17(7-13-23)16-4-9-21-10-5-16/h4-5,9-10,17-18,22H,2-3,6-8,11-15H2,1H3/t18-,20+/m0/s1. The highest BCUT2D eigenvalue weighted by Crippen LogP contribution is 2.40. The first kappa shape index (κ1) is 19.8. The largest absolute Gasteiger partial charge is 0.341 e. The van der Waals surface area contributed by atoms with Crippen LogP contribution in [-0.4, -0.2) is 73.1 Å². The Morgan fingerprint density at radius 3 is 2.57 bits per heavy atom. The van der Waals surface area contributed by atoms with Crippen molar-refractivity contribution < 1.29 is 13.2 Å². The SMILES string of the molecule is CS(=O)(=O)N[C@@H]1CN2CCCC[C@]2(C(=O)N2CCC(c3ccncc3)CC2)C1. The molecule has 1 aromatic rings. The number of amides is 1. The fourth-order valence-corrected chi connectivity index (χ4v) is 6.15. The predicted molar refractivity (Wildman–Crippen MR) is 107 cm³/mol. The molecule has 0 bridgehead atoms. The minimum absolute atomic E-state index is 0.175. The van der Waals surface area contributed by atoms with Crippen LogP contribution in [0.2, 0.25) is 0 Å². The molecule has 3 aliphatic heterocycles. The number of likely N-dealkylation sites (tertiary alicyclic amines) is 1. The molecule has 7 nitrogen and oxygen atoms in total. The fraction of sp³-hybridized carbons (Fsp3) is 0.700. The van der Waals surface area contributed by atoms with Gasteiger partial charge in [0.15, 0.2) is 0 Å². The number of sulfonamides is 1. The van der Waals surface area contributed by atoms with Gasteiger partial charge in [-0.25, -0.2) is 13.1 Å². The number of carbonyl (C=O) groups is 1. The predicted octanol–water partition coefficient (Wildman–Crippen LogP) is 1.33. The molecule has 4 rings (SSSR count). The normalized spacial score (nSPS) is 29.6. The van der Waals surface area contributed by atoms with E-state index < -0.39 is 15.6 Å². The van der Waals surface area contributed by atoms with E-state index in [4.69, 9.17) is 0 Å². The first-order valence-corrected chi connectivity index (χ1v) is 12.2. The molecule has 3 aliphatic rings. The monoisotopic (exact) mass is 406 g/mol. The van der Waals surface area contributed by atoms with Crippen molar-refractivity contribution in [1.29, 1.82) is 0 Å². The lowest BCUT2D eigenvalue weighted by Crippen LogP contribution is -2.59. The average Bonchev–Trinajstić information content (AvgIpc) is 3.05. The number of piperidine rings is 2. The highest BCUT2D eigenvalue weighted by Gasteiger charge is 2.53. The molecule has 2 atom stereocenters. The summed E-state index contributed by atoms with van der Waals surface area (Å²) in [5.74, 6) is 0.688. The fourth-order valence-electron chi connectivity index (χ4n) is 5.38. The van der Waals surface area contributed by atoms with Gasteiger partial charge in [0.1, 0.15) is 5.54 Å². The zero-order valence-corrected chi connectivity index (χ0v) is 17.3. The smallest absolute Gasteiger partial charge is 0.243 e. The first-order valence-electron chi connectivity index (χ1n) is 10.3. The number of pyridine rings is 1. The van der Waals surface area contributed by atoms with E-state index in [1.165, 1.54) is 11.8 Å². The van der Waals surface area contributed by atoms with Gasteiger partial charge in [-0.3, -0.25) is 14.7 Å². The summed E-state index contributed by atoms with van der Waals surface area (Å²) < 4.78 is 26.2. The van der Waals surface area contributed by atoms with Gasteiger partial charge in [0.05, 0.1) is 6.26 Å². The van der Waals surface area contributed by atoms with E-state index in [0.717, 1.165) is 51.7 Å². The Balaban J connectivity index is 1.45. The Kier molecular flexibility index (Phi) is 5.46. The van der Waals surface area contributed by atoms with Crippen molar-refractivity contribution in [3.63, 3.8) is 0 Å². The molecule has 1 amide bonds. The molecule has 8 heteroatoms. The highest BCUT2D eigenvalue weighted by molar-refractivity contribution is 7.88. The van der Waals surface area contributed by atoms with Crippen molar-refractivity contribution in [3.8, 4) is 0 Å². The number of fused-ring (bicyclic) bond motifs is 1. The third kappa shape index (κ3) is 3.95. The van der Waals surface area contributed by atoms with Gasteiger partial charge in [-0.05, 0) is 68.7 Å². The van der Waals surface area contributed by atoms with Gasteiger partial charge in [-0.15, -0.1) is 0 Å². The summed E-state index contributed by atoms with van der Waals surface area (Å²) in [6.45, 7) is 3.05. The van der Waals surface area contributed by atoms with E-state index in [0.29, 0.717) is 18.9 Å². The zero-order valence-electron chi connectivity index (χ0n) is 16.5. The molecule has 154 valence electrons. The maximum absolute atomic E-state index is 13.6. The number of nitrogens with zero attached hydrogens (tertiary/aromatic N) is 3. The van der Waals surface area contributed by atoms with Crippen molar-refractivity contribution in [2.45, 2.75) is 56.0 Å². The number of carbonyl (C=O) groups excluding carboxylic acids is 1. The van der Waals surface area contributed by atoms with Crippen LogP contribution in [0.25, 0.3) is 0 Å². The third-order valence-corrected chi connectivity index (χ3v) is 7.40. The molecule has 3 saturated heterocycles. The minimum atomic E-state index is -3.27. The van der Waals surface area contributed by atoms with Gasteiger partial charge in [0, 0.05) is 38.1 Å². The molecule has 0 saturated carbocycles. The number of hydrogen-bond donors (Lipinski definition) is 1. The molecule has 0 aromatic carbocycles. The first-order chi connectivity index (χ1) is 13.4. The van der Waals surface area contributed by atoms with Gasteiger partial charge in [-0.1, -0.05) is 0 Å². The summed E-state index contributed by atoms with van der Waals surface area (Å²) >= 11 is 0. The van der Waals surface area contributed by atoms with Crippen LogP contribution in [0.4, 0.5) is 0 Å². The number of aromatic nitrogens is 1. The van der Waals surface area contributed by atoms with Crippen LogP contribution in [0.5, 0.6) is 0 Å². The number of hydrogen-bond acceptors (Lipinski definition) is 5. The van der Waals surface area contributed by atoms with Crippen molar-refractivity contribution in [2.24, 2.45) is 0 Å². The quantitative estimate of drug-likeness (QED) is 0.816. The molecule has 0 radical (unpaired) electrons. The molecule has 3 fully saturated rings. The van der Waals surface area contributed by atoms with Crippen LogP contribution in [0.15, 0.2) is 24.5 Å². The second-order valence-corrected chi connectivity index (χ2v) is 10.4. The minimum Gasteiger partial charge on any atom is -0.341 e. The Morgan fingerprint density at radius 2 is 1.89 bits per heavy atom. The highest BCUT2D eigenvalue weighted by atomic mass is 32.2. The van der Waals surface area contributed by atoms with Crippen molar-refractivity contribution in [1.82, 2.24) is 19.5 Å². The summed E-state index contributed by atoms with van der Waals surface area (Å²) in [6, 6.07) is 3.97. The van der Waals surface area contributed by atoms with E-state index in [1.54, 1.807) is 0 Å². The number of rotatable bonds is 4. The zero-order chi connectivity index (χ0) is 19.8. The molecular formula is C20H30N4O3S. The molecule has 0 aliphatic carbocycles. The van der Waals surface area contributed by atoms with Gasteiger partial charge in [0.25, 0.3) is 0 Å². The molecule has 1 N–H and O–H groups in total. The van der Waals surface area contributed by atoms with Crippen LogP contribution < -0.4 is 4.72 Å². The molecular weight excluding hydrogens is 376 g/mol. The summed E-state index contributed by atoms with van der Waals surface area (Å²) in [6.07, 6.45) is 10.3. The van der Waals surface area contributed by atoms with E-state index in [-0.39, 0.29) is 11.9 Å². The maximum atomic E-state index is 13.6. The summed E-state index contributed by atoms with van der Waals surface area (Å²) in [7, 11) is -3.27. The van der Waals surface area contributed by atoms with Crippen molar-refractivity contribution in [3.05, 3.63) is 30.1 Å². The molecule has 0 unspecified atom stereocenters. The molecule has 0 spiro atoms. The average molecular weight is 407 g/mol. The Hall–Kier alpha value is -1.51. The second kappa shape index (κ2) is 7.72. The molecule has 1 aromatic heterocycles. The van der Waals surface area contributed by atoms with Crippen molar-refractivity contribution >= 4 is 15.9 Å². The Bertz CT molecular complexity index is 808. The Morgan fingerprint density at radius 1 is 1.18 bits per heavy atom. The molecule has 4 heterocycles. The Labute approximate surface area is 167 Å².